The second kappa shape index (κ2) is 8.63. The highest BCUT2D eigenvalue weighted by Crippen LogP contribution is 2.14. The number of carbonyl (C=O) groups excluding carboxylic acids is 2. The van der Waals surface area contributed by atoms with E-state index in [4.69, 9.17) is 4.52 Å². The van der Waals surface area contributed by atoms with Crippen LogP contribution < -0.4 is 5.32 Å². The number of anilines is 1. The molecule has 0 spiro atoms. The van der Waals surface area contributed by atoms with Crippen LogP contribution in [0.4, 0.5) is 5.82 Å². The molecule has 6 nitrogen and oxygen atoms in total. The molecule has 2 rings (SSSR count). The van der Waals surface area contributed by atoms with Crippen molar-refractivity contribution in [3.63, 3.8) is 0 Å². The van der Waals surface area contributed by atoms with Crippen molar-refractivity contribution in [1.29, 1.82) is 0 Å². The smallest absolute Gasteiger partial charge is 0.254 e. The second-order valence-electron chi connectivity index (χ2n) is 5.46. The normalized spacial score (nSPS) is 10.5. The maximum atomic E-state index is 12.7. The van der Waals surface area contributed by atoms with Gasteiger partial charge in [-0.3, -0.25) is 9.59 Å². The molecule has 0 saturated carbocycles. The van der Waals surface area contributed by atoms with Gasteiger partial charge in [0.15, 0.2) is 5.82 Å². The number of unbranched alkanes of at least 4 members (excludes halogenated alkanes) is 1. The summed E-state index contributed by atoms with van der Waals surface area (Å²) in [5.74, 6) is 0.486. The van der Waals surface area contributed by atoms with Gasteiger partial charge in [0.1, 0.15) is 12.3 Å². The number of rotatable bonds is 7. The molecular formula is C17H20BrN3O3. The van der Waals surface area contributed by atoms with E-state index in [1.54, 1.807) is 36.1 Å². The average Bonchev–Trinajstić information content (AvgIpc) is 2.95. The van der Waals surface area contributed by atoms with Gasteiger partial charge < -0.3 is 14.7 Å². The summed E-state index contributed by atoms with van der Waals surface area (Å²) in [6.45, 7) is 4.28. The molecule has 0 atom stereocenters. The third-order valence-electron chi connectivity index (χ3n) is 3.37. The number of nitrogens with one attached hydrogen (secondary N) is 1. The molecular weight excluding hydrogens is 374 g/mol. The third kappa shape index (κ3) is 5.19. The first-order valence-electron chi connectivity index (χ1n) is 7.77. The lowest BCUT2D eigenvalue weighted by atomic mass is 10.2. The lowest BCUT2D eigenvalue weighted by Gasteiger charge is -2.22. The third-order valence-corrected chi connectivity index (χ3v) is 3.86. The molecule has 7 heteroatoms. The highest BCUT2D eigenvalue weighted by molar-refractivity contribution is 9.10. The molecule has 1 aromatic carbocycles. The van der Waals surface area contributed by atoms with Crippen LogP contribution in [0.2, 0.25) is 0 Å². The summed E-state index contributed by atoms with van der Waals surface area (Å²) >= 11 is 3.36. The topological polar surface area (TPSA) is 75.4 Å². The van der Waals surface area contributed by atoms with Crippen molar-refractivity contribution in [2.24, 2.45) is 0 Å². The first-order valence-corrected chi connectivity index (χ1v) is 8.57. The maximum absolute atomic E-state index is 12.7. The number of aromatic nitrogens is 1. The molecule has 1 heterocycles. The van der Waals surface area contributed by atoms with Crippen LogP contribution in [0.3, 0.4) is 0 Å². The van der Waals surface area contributed by atoms with E-state index in [0.29, 0.717) is 23.7 Å². The Hall–Kier alpha value is -2.15. The Bertz CT molecular complexity index is 715. The van der Waals surface area contributed by atoms with Crippen molar-refractivity contribution in [2.75, 3.05) is 18.4 Å². The van der Waals surface area contributed by atoms with E-state index in [0.717, 1.165) is 17.3 Å². The van der Waals surface area contributed by atoms with Crippen LogP contribution in [-0.4, -0.2) is 35.0 Å². The Morgan fingerprint density at radius 3 is 2.75 bits per heavy atom. The van der Waals surface area contributed by atoms with Crippen LogP contribution in [0.25, 0.3) is 0 Å². The van der Waals surface area contributed by atoms with Gasteiger partial charge in [-0.2, -0.15) is 0 Å². The van der Waals surface area contributed by atoms with Crippen LogP contribution in [0, 0.1) is 6.92 Å². The molecule has 2 amide bonds. The average molecular weight is 394 g/mol. The highest BCUT2D eigenvalue weighted by atomic mass is 79.9. The Morgan fingerprint density at radius 2 is 2.12 bits per heavy atom. The van der Waals surface area contributed by atoms with E-state index in [9.17, 15) is 9.59 Å². The first kappa shape index (κ1) is 18.2. The van der Waals surface area contributed by atoms with E-state index < -0.39 is 0 Å². The fourth-order valence-electron chi connectivity index (χ4n) is 2.19. The Labute approximate surface area is 149 Å². The van der Waals surface area contributed by atoms with E-state index in [2.05, 4.69) is 26.4 Å². The van der Waals surface area contributed by atoms with Crippen LogP contribution in [0.1, 0.15) is 35.9 Å². The monoisotopic (exact) mass is 393 g/mol. The summed E-state index contributed by atoms with van der Waals surface area (Å²) in [6.07, 6.45) is 1.77. The van der Waals surface area contributed by atoms with E-state index in [-0.39, 0.29) is 18.4 Å². The molecule has 2 aromatic rings. The molecule has 0 aliphatic carbocycles. The molecule has 0 unspecified atom stereocenters. The predicted molar refractivity (Wildman–Crippen MR) is 94.8 cm³/mol. The summed E-state index contributed by atoms with van der Waals surface area (Å²) in [4.78, 5) is 26.4. The molecule has 0 aliphatic rings. The SMILES string of the molecule is CCCCN(CC(=O)Nc1cc(C)on1)C(=O)c1cccc(Br)c1. The maximum Gasteiger partial charge on any atom is 0.254 e. The molecule has 128 valence electrons. The Kier molecular flexibility index (Phi) is 6.54. The largest absolute Gasteiger partial charge is 0.360 e. The molecule has 1 aromatic heterocycles. The summed E-state index contributed by atoms with van der Waals surface area (Å²) in [5, 5.41) is 6.36. The molecule has 0 aliphatic heterocycles. The first-order chi connectivity index (χ1) is 11.5. The van der Waals surface area contributed by atoms with Gasteiger partial charge in [0.05, 0.1) is 0 Å². The number of halogens is 1. The number of amides is 2. The van der Waals surface area contributed by atoms with Crippen molar-refractivity contribution in [1.82, 2.24) is 10.1 Å². The number of hydrogen-bond acceptors (Lipinski definition) is 4. The van der Waals surface area contributed by atoms with Crippen molar-refractivity contribution < 1.29 is 14.1 Å². The Morgan fingerprint density at radius 1 is 1.33 bits per heavy atom. The number of hydrogen-bond donors (Lipinski definition) is 1. The molecule has 24 heavy (non-hydrogen) atoms. The van der Waals surface area contributed by atoms with Gasteiger partial charge >= 0.3 is 0 Å². The van der Waals surface area contributed by atoms with Crippen molar-refractivity contribution in [2.45, 2.75) is 26.7 Å². The lowest BCUT2D eigenvalue weighted by molar-refractivity contribution is -0.117. The number of nitrogens with zero attached hydrogens (tertiary/aromatic N) is 2. The minimum atomic E-state index is -0.303. The second-order valence-corrected chi connectivity index (χ2v) is 6.38. The zero-order valence-corrected chi connectivity index (χ0v) is 15.3. The molecule has 0 bridgehead atoms. The quantitative estimate of drug-likeness (QED) is 0.778. The molecule has 1 N–H and O–H groups in total. The zero-order valence-electron chi connectivity index (χ0n) is 13.7. The van der Waals surface area contributed by atoms with Gasteiger partial charge in [0.25, 0.3) is 5.91 Å². The predicted octanol–water partition coefficient (Wildman–Crippen LogP) is 3.63. The number of benzene rings is 1. The summed E-state index contributed by atoms with van der Waals surface area (Å²) in [6, 6.07) is 8.77. The standard InChI is InChI=1S/C17H20BrN3O3/c1-3-4-8-21(17(23)13-6-5-7-14(18)10-13)11-16(22)19-15-9-12(2)24-20-15/h5-7,9-10H,3-4,8,11H2,1-2H3,(H,19,20,22). The highest BCUT2D eigenvalue weighted by Gasteiger charge is 2.19. The van der Waals surface area contributed by atoms with Gasteiger partial charge in [-0.1, -0.05) is 40.5 Å². The lowest BCUT2D eigenvalue weighted by Crippen LogP contribution is -2.38. The number of carbonyl (C=O) groups is 2. The minimum Gasteiger partial charge on any atom is -0.360 e. The summed E-state index contributed by atoms with van der Waals surface area (Å²) < 4.78 is 5.74. The fraction of sp³-hybridized carbons (Fsp3) is 0.353. The van der Waals surface area contributed by atoms with Gasteiger partial charge in [-0.15, -0.1) is 0 Å². The number of aryl methyl sites for hydroxylation is 1. The van der Waals surface area contributed by atoms with Crippen LogP contribution >= 0.6 is 15.9 Å². The van der Waals surface area contributed by atoms with Gasteiger partial charge in [0, 0.05) is 22.6 Å². The Balaban J connectivity index is 2.06. The van der Waals surface area contributed by atoms with Crippen LogP contribution in [0.15, 0.2) is 39.3 Å². The van der Waals surface area contributed by atoms with Crippen molar-refractivity contribution >= 4 is 33.6 Å². The van der Waals surface area contributed by atoms with E-state index in [1.165, 1.54) is 0 Å². The van der Waals surface area contributed by atoms with Crippen molar-refractivity contribution in [3.05, 3.63) is 46.1 Å². The van der Waals surface area contributed by atoms with Gasteiger partial charge in [0.2, 0.25) is 5.91 Å². The van der Waals surface area contributed by atoms with Crippen LogP contribution in [0.5, 0.6) is 0 Å². The summed E-state index contributed by atoms with van der Waals surface area (Å²) in [5.41, 5.74) is 0.547. The molecule has 0 saturated heterocycles. The van der Waals surface area contributed by atoms with E-state index >= 15 is 0 Å². The van der Waals surface area contributed by atoms with Gasteiger partial charge in [-0.05, 0) is 31.5 Å². The van der Waals surface area contributed by atoms with Crippen molar-refractivity contribution in [3.8, 4) is 0 Å². The zero-order chi connectivity index (χ0) is 17.5. The molecule has 0 fully saturated rings. The van der Waals surface area contributed by atoms with E-state index in [1.807, 2.05) is 13.0 Å². The van der Waals surface area contributed by atoms with Gasteiger partial charge in [-0.25, -0.2) is 0 Å². The summed E-state index contributed by atoms with van der Waals surface area (Å²) in [7, 11) is 0. The fourth-order valence-corrected chi connectivity index (χ4v) is 2.59. The minimum absolute atomic E-state index is 0.0305. The van der Waals surface area contributed by atoms with Crippen LogP contribution in [-0.2, 0) is 4.79 Å². The molecule has 0 radical (unpaired) electrons.